The van der Waals surface area contributed by atoms with Crippen molar-refractivity contribution in [2.24, 2.45) is 0 Å². The number of hydrogen-bond acceptors (Lipinski definition) is 4. The lowest BCUT2D eigenvalue weighted by Gasteiger charge is -2.30. The van der Waals surface area contributed by atoms with Gasteiger partial charge in [-0.2, -0.15) is 13.1 Å². The summed E-state index contributed by atoms with van der Waals surface area (Å²) in [5.74, 6) is -0.0536. The summed E-state index contributed by atoms with van der Waals surface area (Å²) in [4.78, 5) is 0. The second-order valence-electron chi connectivity index (χ2n) is 5.24. The Morgan fingerprint density at radius 2 is 2.18 bits per heavy atom. The first-order valence-corrected chi connectivity index (χ1v) is 8.31. The van der Waals surface area contributed by atoms with Gasteiger partial charge in [-0.3, -0.25) is 0 Å². The number of methoxy groups -OCH3 is 1. The Balaban J connectivity index is 2.07. The van der Waals surface area contributed by atoms with Crippen molar-refractivity contribution in [3.8, 4) is 5.75 Å². The van der Waals surface area contributed by atoms with E-state index in [2.05, 4.69) is 4.72 Å². The highest BCUT2D eigenvalue weighted by Crippen LogP contribution is 2.38. The zero-order chi connectivity index (χ0) is 15.9. The summed E-state index contributed by atoms with van der Waals surface area (Å²) in [7, 11) is -2.44. The molecule has 5 nitrogen and oxygen atoms in total. The van der Waals surface area contributed by atoms with Gasteiger partial charge in [0.1, 0.15) is 0 Å². The molecule has 0 amide bonds. The van der Waals surface area contributed by atoms with Gasteiger partial charge in [0.25, 0.3) is 0 Å². The number of halogens is 1. The van der Waals surface area contributed by atoms with E-state index in [9.17, 15) is 12.8 Å². The number of rotatable bonds is 2. The normalized spacial score (nSPS) is 23.4. The van der Waals surface area contributed by atoms with Crippen LogP contribution in [0.1, 0.15) is 25.3 Å². The molecule has 3 rings (SSSR count). The molecule has 1 N–H and O–H groups in total. The summed E-state index contributed by atoms with van der Waals surface area (Å²) >= 11 is 0. The summed E-state index contributed by atoms with van der Waals surface area (Å²) in [6.07, 6.45) is 3.33. The van der Waals surface area contributed by atoms with E-state index in [1.807, 2.05) is 6.08 Å². The van der Waals surface area contributed by atoms with E-state index in [0.717, 1.165) is 12.0 Å². The van der Waals surface area contributed by atoms with E-state index < -0.39 is 16.1 Å². The summed E-state index contributed by atoms with van der Waals surface area (Å²) in [6.45, 7) is 1.77. The maximum absolute atomic E-state index is 13.9. The van der Waals surface area contributed by atoms with Crippen molar-refractivity contribution in [1.82, 2.24) is 4.72 Å². The first kappa shape index (κ1) is 15.1. The van der Waals surface area contributed by atoms with Crippen LogP contribution in [0.2, 0.25) is 0 Å². The Morgan fingerprint density at radius 1 is 1.41 bits per heavy atom. The van der Waals surface area contributed by atoms with Crippen molar-refractivity contribution in [2.45, 2.75) is 25.8 Å². The molecule has 0 fully saturated rings. The minimum atomic E-state index is -3.83. The summed E-state index contributed by atoms with van der Waals surface area (Å²) < 4.78 is 49.9. The van der Waals surface area contributed by atoms with Crippen molar-refractivity contribution in [1.29, 1.82) is 0 Å². The molecule has 1 aliphatic carbocycles. The second kappa shape index (κ2) is 5.40. The lowest BCUT2D eigenvalue weighted by molar-refractivity contribution is 0.376. The van der Waals surface area contributed by atoms with Crippen molar-refractivity contribution in [2.75, 3.05) is 7.11 Å². The van der Waals surface area contributed by atoms with Gasteiger partial charge in [0, 0.05) is 11.6 Å². The molecule has 0 spiro atoms. The molecule has 1 aliphatic heterocycles. The molecule has 1 unspecified atom stereocenters. The molecule has 1 atom stereocenters. The third kappa shape index (κ3) is 2.62. The van der Waals surface area contributed by atoms with Crippen LogP contribution in [0, 0.1) is 5.82 Å². The van der Waals surface area contributed by atoms with Crippen LogP contribution in [0.15, 0.2) is 35.6 Å². The van der Waals surface area contributed by atoms with E-state index in [4.69, 9.17) is 8.92 Å². The van der Waals surface area contributed by atoms with Gasteiger partial charge in [-0.25, -0.2) is 4.39 Å². The number of benzene rings is 1. The van der Waals surface area contributed by atoms with Crippen molar-refractivity contribution in [3.63, 3.8) is 0 Å². The molecule has 0 saturated carbocycles. The highest BCUT2D eigenvalue weighted by atomic mass is 32.2. The average Bonchev–Trinajstić information content (AvgIpc) is 2.45. The van der Waals surface area contributed by atoms with Crippen LogP contribution in [-0.2, 0) is 14.5 Å². The van der Waals surface area contributed by atoms with Crippen LogP contribution in [-0.4, -0.2) is 21.6 Å². The van der Waals surface area contributed by atoms with E-state index in [0.29, 0.717) is 23.3 Å². The van der Waals surface area contributed by atoms with Crippen LogP contribution < -0.4 is 9.46 Å². The first-order valence-electron chi connectivity index (χ1n) is 6.90. The molecule has 0 saturated heterocycles. The van der Waals surface area contributed by atoms with Gasteiger partial charge < -0.3 is 8.92 Å². The molecule has 7 heteroatoms. The minimum absolute atomic E-state index is 0.140. The van der Waals surface area contributed by atoms with E-state index >= 15 is 0 Å². The van der Waals surface area contributed by atoms with Gasteiger partial charge in [0.05, 0.1) is 7.11 Å². The van der Waals surface area contributed by atoms with Gasteiger partial charge in [0.15, 0.2) is 17.3 Å². The fourth-order valence-corrected chi connectivity index (χ4v) is 3.81. The van der Waals surface area contributed by atoms with Gasteiger partial charge in [-0.15, -0.1) is 0 Å². The van der Waals surface area contributed by atoms with Crippen LogP contribution in [0.25, 0.3) is 5.57 Å². The van der Waals surface area contributed by atoms with Crippen LogP contribution in [0.5, 0.6) is 5.75 Å². The summed E-state index contributed by atoms with van der Waals surface area (Å²) in [6, 6.07) is 4.19. The number of ether oxygens (including phenoxy) is 1. The topological polar surface area (TPSA) is 64.6 Å². The SMILES string of the molecule is COc1ccc(C2=CCCC3=C2OS(=O)(=O)NC3C)cc1F. The Labute approximate surface area is 128 Å². The Bertz CT molecular complexity index is 783. The smallest absolute Gasteiger partial charge is 0.383 e. The minimum Gasteiger partial charge on any atom is -0.494 e. The van der Waals surface area contributed by atoms with Crippen molar-refractivity contribution >= 4 is 15.9 Å². The van der Waals surface area contributed by atoms with Crippen LogP contribution in [0.4, 0.5) is 4.39 Å². The number of hydrogen-bond donors (Lipinski definition) is 1. The lowest BCUT2D eigenvalue weighted by Crippen LogP contribution is -2.40. The predicted octanol–water partition coefficient (Wildman–Crippen LogP) is 2.52. The summed E-state index contributed by atoms with van der Waals surface area (Å²) in [5, 5.41) is 0. The first-order chi connectivity index (χ1) is 10.4. The highest BCUT2D eigenvalue weighted by Gasteiger charge is 2.33. The van der Waals surface area contributed by atoms with Crippen molar-refractivity contribution in [3.05, 3.63) is 47.0 Å². The molecule has 0 bridgehead atoms. The Morgan fingerprint density at radius 3 is 2.86 bits per heavy atom. The molecule has 0 aromatic heterocycles. The molecule has 0 radical (unpaired) electrons. The summed E-state index contributed by atoms with van der Waals surface area (Å²) in [5.41, 5.74) is 2.04. The maximum atomic E-state index is 13.9. The van der Waals surface area contributed by atoms with Gasteiger partial charge in [0.2, 0.25) is 0 Å². The largest absolute Gasteiger partial charge is 0.494 e. The third-order valence-electron chi connectivity index (χ3n) is 3.80. The molecule has 2 aliphatic rings. The molecule has 1 aromatic rings. The third-order valence-corrected chi connectivity index (χ3v) is 4.83. The quantitative estimate of drug-likeness (QED) is 0.907. The molecule has 22 heavy (non-hydrogen) atoms. The van der Waals surface area contributed by atoms with Gasteiger partial charge in [-0.1, -0.05) is 12.1 Å². The van der Waals surface area contributed by atoms with E-state index in [1.54, 1.807) is 13.0 Å². The molecule has 1 aromatic carbocycles. The number of nitrogens with one attached hydrogen (secondary N) is 1. The van der Waals surface area contributed by atoms with E-state index in [-0.39, 0.29) is 11.8 Å². The standard InChI is InChI=1S/C15H16FNO4S/c1-9-11-4-3-5-12(15(11)21-22(18,19)17-9)10-6-7-14(20-2)13(16)8-10/h5-9,17H,3-4H2,1-2H3. The molecular weight excluding hydrogens is 309 g/mol. The number of allylic oxidation sites excluding steroid dienone is 2. The fraction of sp³-hybridized carbons (Fsp3) is 0.333. The molecule has 1 heterocycles. The predicted molar refractivity (Wildman–Crippen MR) is 79.8 cm³/mol. The lowest BCUT2D eigenvalue weighted by atomic mass is 9.89. The fourth-order valence-electron chi connectivity index (χ4n) is 2.77. The molecular formula is C15H16FNO4S. The second-order valence-corrected chi connectivity index (χ2v) is 6.55. The zero-order valence-corrected chi connectivity index (χ0v) is 13.0. The van der Waals surface area contributed by atoms with Crippen LogP contribution >= 0.6 is 0 Å². The molecule has 118 valence electrons. The highest BCUT2D eigenvalue weighted by molar-refractivity contribution is 7.84. The average molecular weight is 325 g/mol. The van der Waals surface area contributed by atoms with Gasteiger partial charge in [-0.05, 0) is 43.0 Å². The monoisotopic (exact) mass is 325 g/mol. The van der Waals surface area contributed by atoms with Gasteiger partial charge >= 0.3 is 10.3 Å². The maximum Gasteiger partial charge on any atom is 0.383 e. The Hall–Kier alpha value is -1.86. The van der Waals surface area contributed by atoms with Crippen molar-refractivity contribution < 1.29 is 21.7 Å². The Kier molecular flexibility index (Phi) is 3.70. The zero-order valence-electron chi connectivity index (χ0n) is 12.2. The van der Waals surface area contributed by atoms with Crippen LogP contribution in [0.3, 0.4) is 0 Å². The van der Waals surface area contributed by atoms with E-state index in [1.165, 1.54) is 19.2 Å².